The van der Waals surface area contributed by atoms with Gasteiger partial charge in [-0.3, -0.25) is 0 Å². The Kier molecular flexibility index (Phi) is 3.94. The third-order valence-corrected chi connectivity index (χ3v) is 3.43. The molecule has 0 radical (unpaired) electrons. The summed E-state index contributed by atoms with van der Waals surface area (Å²) in [5.74, 6) is -0.450. The number of rotatable bonds is 3. The monoisotopic (exact) mass is 250 g/mol. The predicted octanol–water partition coefficient (Wildman–Crippen LogP) is 4.98. The number of halogens is 3. The maximum Gasteiger partial charge on any atom is 0.172 e. The van der Waals surface area contributed by atoms with E-state index in [-0.39, 0.29) is 5.41 Å². The zero-order valence-electron chi connectivity index (χ0n) is 9.77. The van der Waals surface area contributed by atoms with Gasteiger partial charge in [-0.15, -0.1) is 0 Å². The molecule has 1 aromatic carbocycles. The van der Waals surface area contributed by atoms with Crippen LogP contribution in [0.3, 0.4) is 0 Å². The average molecular weight is 250 g/mol. The molecule has 0 atom stereocenters. The molecule has 0 fully saturated rings. The van der Waals surface area contributed by atoms with Crippen molar-refractivity contribution in [2.75, 3.05) is 6.01 Å². The SMILES string of the molecule is CC(C)(C)c1ccc(CS(F)(F)CF)cc1. The van der Waals surface area contributed by atoms with Gasteiger partial charge in [0, 0.05) is 0 Å². The fourth-order valence-corrected chi connectivity index (χ4v) is 2.14. The summed E-state index contributed by atoms with van der Waals surface area (Å²) in [4.78, 5) is 0. The lowest BCUT2D eigenvalue weighted by molar-refractivity contribution is 0.560. The van der Waals surface area contributed by atoms with Crippen molar-refractivity contribution in [3.8, 4) is 0 Å². The van der Waals surface area contributed by atoms with Gasteiger partial charge in [0.1, 0.15) is 0 Å². The Morgan fingerprint density at radius 3 is 1.94 bits per heavy atom. The number of benzene rings is 1. The van der Waals surface area contributed by atoms with Gasteiger partial charge in [-0.2, -0.15) is 7.77 Å². The number of hydrogen-bond donors (Lipinski definition) is 0. The normalized spacial score (nSPS) is 13.9. The lowest BCUT2D eigenvalue weighted by Crippen LogP contribution is -2.10. The van der Waals surface area contributed by atoms with E-state index in [9.17, 15) is 12.2 Å². The van der Waals surface area contributed by atoms with Crippen LogP contribution in [0.15, 0.2) is 24.3 Å². The Labute approximate surface area is 96.8 Å². The van der Waals surface area contributed by atoms with Crippen LogP contribution < -0.4 is 0 Å². The van der Waals surface area contributed by atoms with Gasteiger partial charge in [0.25, 0.3) is 0 Å². The first-order valence-corrected chi connectivity index (χ1v) is 6.85. The van der Waals surface area contributed by atoms with Crippen LogP contribution >= 0.6 is 10.8 Å². The second-order valence-electron chi connectivity index (χ2n) is 4.90. The van der Waals surface area contributed by atoms with Crippen LogP contribution in [0.1, 0.15) is 31.9 Å². The zero-order valence-corrected chi connectivity index (χ0v) is 10.6. The summed E-state index contributed by atoms with van der Waals surface area (Å²) < 4.78 is 37.8. The van der Waals surface area contributed by atoms with Gasteiger partial charge in [0.15, 0.2) is 6.01 Å². The van der Waals surface area contributed by atoms with E-state index in [2.05, 4.69) is 20.8 Å². The molecule has 0 aliphatic rings. The minimum atomic E-state index is -4.09. The molecule has 0 spiro atoms. The summed E-state index contributed by atoms with van der Waals surface area (Å²) in [7, 11) is -4.09. The van der Waals surface area contributed by atoms with Crippen LogP contribution in [-0.2, 0) is 11.2 Å². The summed E-state index contributed by atoms with van der Waals surface area (Å²) in [5, 5.41) is 0. The van der Waals surface area contributed by atoms with Gasteiger partial charge in [0.05, 0.1) is 16.6 Å². The van der Waals surface area contributed by atoms with E-state index >= 15 is 0 Å². The lowest BCUT2D eigenvalue weighted by Gasteiger charge is -2.20. The molecular formula is C12H17F3S. The van der Waals surface area contributed by atoms with Crippen molar-refractivity contribution in [1.82, 2.24) is 0 Å². The highest BCUT2D eigenvalue weighted by atomic mass is 32.3. The van der Waals surface area contributed by atoms with Crippen LogP contribution in [0.4, 0.5) is 12.2 Å². The zero-order chi connectivity index (χ0) is 12.4. The van der Waals surface area contributed by atoms with Crippen LogP contribution in [0.2, 0.25) is 0 Å². The molecule has 0 aliphatic carbocycles. The highest BCUT2D eigenvalue weighted by Gasteiger charge is 2.23. The van der Waals surface area contributed by atoms with E-state index < -0.39 is 22.6 Å². The molecule has 0 saturated heterocycles. The Hall–Kier alpha value is -0.640. The van der Waals surface area contributed by atoms with Crippen molar-refractivity contribution in [2.24, 2.45) is 0 Å². The van der Waals surface area contributed by atoms with E-state index in [1.807, 2.05) is 12.1 Å². The quantitative estimate of drug-likeness (QED) is 0.709. The highest BCUT2D eigenvalue weighted by molar-refractivity contribution is 8.24. The summed E-state index contributed by atoms with van der Waals surface area (Å²) in [5.41, 5.74) is 1.61. The molecule has 16 heavy (non-hydrogen) atoms. The molecule has 0 saturated carbocycles. The molecule has 1 aromatic rings. The second-order valence-corrected chi connectivity index (χ2v) is 6.80. The van der Waals surface area contributed by atoms with Crippen molar-refractivity contribution in [3.05, 3.63) is 35.4 Å². The molecular weight excluding hydrogens is 233 g/mol. The van der Waals surface area contributed by atoms with E-state index in [4.69, 9.17) is 0 Å². The molecule has 4 heteroatoms. The van der Waals surface area contributed by atoms with Crippen molar-refractivity contribution >= 4 is 10.8 Å². The van der Waals surface area contributed by atoms with Crippen molar-refractivity contribution in [1.29, 1.82) is 0 Å². The van der Waals surface area contributed by atoms with Crippen molar-refractivity contribution in [3.63, 3.8) is 0 Å². The molecule has 92 valence electrons. The Morgan fingerprint density at radius 2 is 1.56 bits per heavy atom. The van der Waals surface area contributed by atoms with Gasteiger partial charge in [-0.05, 0) is 16.5 Å². The van der Waals surface area contributed by atoms with E-state index in [1.54, 1.807) is 12.1 Å². The molecule has 0 aliphatic heterocycles. The second kappa shape index (κ2) is 4.70. The first kappa shape index (κ1) is 13.4. The Balaban J connectivity index is 2.80. The molecule has 0 bridgehead atoms. The third kappa shape index (κ3) is 3.74. The number of hydrogen-bond acceptors (Lipinski definition) is 0. The van der Waals surface area contributed by atoms with Crippen LogP contribution in [0.25, 0.3) is 0 Å². The summed E-state index contributed by atoms with van der Waals surface area (Å²) in [6.45, 7) is 6.18. The third-order valence-electron chi connectivity index (χ3n) is 2.36. The molecule has 0 amide bonds. The van der Waals surface area contributed by atoms with Gasteiger partial charge in [0.2, 0.25) is 0 Å². The minimum absolute atomic E-state index is 0.00793. The summed E-state index contributed by atoms with van der Waals surface area (Å²) in [6.07, 6.45) is 0. The Bertz CT molecular complexity index is 338. The van der Waals surface area contributed by atoms with E-state index in [0.29, 0.717) is 5.56 Å². The molecule has 1 rings (SSSR count). The largest absolute Gasteiger partial charge is 0.236 e. The summed E-state index contributed by atoms with van der Waals surface area (Å²) >= 11 is 0. The standard InChI is InChI=1S/C12H17F3S/c1-12(2,3)11-6-4-10(5-7-11)8-16(14,15)9-13/h4-7H,8-9H2,1-3H3. The average Bonchev–Trinajstić information content (AvgIpc) is 2.16. The van der Waals surface area contributed by atoms with Gasteiger partial charge < -0.3 is 0 Å². The van der Waals surface area contributed by atoms with Gasteiger partial charge in [-0.1, -0.05) is 45.0 Å². The molecule has 0 unspecified atom stereocenters. The fourth-order valence-electron chi connectivity index (χ4n) is 1.38. The maximum absolute atomic E-state index is 12.9. The molecule has 0 heterocycles. The topological polar surface area (TPSA) is 0 Å². The van der Waals surface area contributed by atoms with Gasteiger partial charge in [-0.25, -0.2) is 4.39 Å². The molecule has 0 N–H and O–H groups in total. The first-order valence-electron chi connectivity index (χ1n) is 5.08. The Morgan fingerprint density at radius 1 is 1.06 bits per heavy atom. The lowest BCUT2D eigenvalue weighted by atomic mass is 9.87. The van der Waals surface area contributed by atoms with Crippen LogP contribution in [0.5, 0.6) is 0 Å². The highest BCUT2D eigenvalue weighted by Crippen LogP contribution is 2.54. The molecule has 0 aromatic heterocycles. The fraction of sp³-hybridized carbons (Fsp3) is 0.500. The minimum Gasteiger partial charge on any atom is -0.236 e. The van der Waals surface area contributed by atoms with Gasteiger partial charge >= 0.3 is 0 Å². The van der Waals surface area contributed by atoms with E-state index in [1.165, 1.54) is 0 Å². The van der Waals surface area contributed by atoms with Crippen LogP contribution in [-0.4, -0.2) is 6.01 Å². The predicted molar refractivity (Wildman–Crippen MR) is 64.6 cm³/mol. The van der Waals surface area contributed by atoms with E-state index in [0.717, 1.165) is 5.56 Å². The van der Waals surface area contributed by atoms with Crippen LogP contribution in [0, 0.1) is 0 Å². The number of alkyl halides is 1. The summed E-state index contributed by atoms with van der Waals surface area (Å²) in [6, 6.07) is 5.48. The van der Waals surface area contributed by atoms with Crippen molar-refractivity contribution < 1.29 is 12.2 Å². The maximum atomic E-state index is 12.9. The smallest absolute Gasteiger partial charge is 0.172 e. The first-order chi connectivity index (χ1) is 7.24. The molecule has 0 nitrogen and oxygen atoms in total. The van der Waals surface area contributed by atoms with Crippen molar-refractivity contribution in [2.45, 2.75) is 31.9 Å².